The Hall–Kier alpha value is -1.32. The smallest absolute Gasteiger partial charge is 0.151 e. The lowest BCUT2D eigenvalue weighted by atomic mass is 9.75. The molecule has 1 aromatic rings. The van der Waals surface area contributed by atoms with Crippen molar-refractivity contribution in [3.05, 3.63) is 23.8 Å². The molecule has 1 fully saturated rings. The van der Waals surface area contributed by atoms with Gasteiger partial charge in [0.05, 0.1) is 16.9 Å². The molecule has 1 aliphatic carbocycles. The van der Waals surface area contributed by atoms with E-state index in [-0.39, 0.29) is 5.54 Å². The van der Waals surface area contributed by atoms with Crippen molar-refractivity contribution in [1.29, 1.82) is 0 Å². The Bertz CT molecular complexity index is 475. The van der Waals surface area contributed by atoms with E-state index in [1.54, 1.807) is 0 Å². The van der Waals surface area contributed by atoms with Crippen molar-refractivity contribution >= 4 is 11.4 Å². The minimum Gasteiger partial charge on any atom is -0.379 e. The highest BCUT2D eigenvalue weighted by atomic mass is 19.1. The highest BCUT2D eigenvalue weighted by Crippen LogP contribution is 2.41. The second-order valence-corrected chi connectivity index (χ2v) is 5.77. The maximum absolute atomic E-state index is 13.6. The standard InChI is InChI=1S/C14H18F2N2/c1-9-3-2-4-14(7-9)8-17-13-11(16)5-10(15)6-12(13)18-14/h5-6,9,17-18H,2-4,7-8H2,1H3. The van der Waals surface area contributed by atoms with Gasteiger partial charge in [0.15, 0.2) is 5.82 Å². The van der Waals surface area contributed by atoms with Gasteiger partial charge in [0.2, 0.25) is 0 Å². The Balaban J connectivity index is 1.92. The van der Waals surface area contributed by atoms with Crippen LogP contribution in [0.1, 0.15) is 32.6 Å². The van der Waals surface area contributed by atoms with Crippen molar-refractivity contribution < 1.29 is 8.78 Å². The van der Waals surface area contributed by atoms with E-state index in [1.807, 2.05) is 0 Å². The molecule has 1 heterocycles. The van der Waals surface area contributed by atoms with Crippen molar-refractivity contribution in [3.8, 4) is 0 Å². The Morgan fingerprint density at radius 2 is 2.17 bits per heavy atom. The van der Waals surface area contributed by atoms with E-state index in [2.05, 4.69) is 17.6 Å². The number of benzene rings is 1. The first kappa shape index (κ1) is 11.8. The molecule has 2 aliphatic rings. The topological polar surface area (TPSA) is 24.1 Å². The molecule has 1 aliphatic heterocycles. The lowest BCUT2D eigenvalue weighted by Crippen LogP contribution is -2.50. The van der Waals surface area contributed by atoms with Crippen molar-refractivity contribution in [2.45, 2.75) is 38.1 Å². The van der Waals surface area contributed by atoms with Crippen molar-refractivity contribution in [3.63, 3.8) is 0 Å². The average Bonchev–Trinajstić information content (AvgIpc) is 2.27. The molecule has 2 N–H and O–H groups in total. The molecule has 2 atom stereocenters. The molecular weight excluding hydrogens is 234 g/mol. The molecule has 2 unspecified atom stereocenters. The van der Waals surface area contributed by atoms with E-state index in [4.69, 9.17) is 0 Å². The van der Waals surface area contributed by atoms with Crippen molar-refractivity contribution in [2.75, 3.05) is 17.2 Å². The average molecular weight is 252 g/mol. The molecule has 4 heteroatoms. The van der Waals surface area contributed by atoms with Crippen LogP contribution in [0.2, 0.25) is 0 Å². The van der Waals surface area contributed by atoms with Crippen LogP contribution in [-0.2, 0) is 0 Å². The van der Waals surface area contributed by atoms with Crippen LogP contribution in [0.15, 0.2) is 12.1 Å². The number of hydrogen-bond donors (Lipinski definition) is 2. The van der Waals surface area contributed by atoms with Gasteiger partial charge in [-0.25, -0.2) is 8.78 Å². The fraction of sp³-hybridized carbons (Fsp3) is 0.571. The van der Waals surface area contributed by atoms with Crippen LogP contribution in [0.5, 0.6) is 0 Å². The van der Waals surface area contributed by atoms with E-state index in [0.717, 1.165) is 18.9 Å². The third-order valence-corrected chi connectivity index (χ3v) is 4.15. The molecule has 18 heavy (non-hydrogen) atoms. The van der Waals surface area contributed by atoms with Crippen LogP contribution in [0.3, 0.4) is 0 Å². The summed E-state index contributed by atoms with van der Waals surface area (Å²) in [6, 6.07) is 2.31. The number of fused-ring (bicyclic) bond motifs is 1. The SMILES string of the molecule is CC1CCCC2(CNc3c(F)cc(F)cc3N2)C1. The monoisotopic (exact) mass is 252 g/mol. The Labute approximate surface area is 106 Å². The second-order valence-electron chi connectivity index (χ2n) is 5.77. The summed E-state index contributed by atoms with van der Waals surface area (Å²) < 4.78 is 26.9. The van der Waals surface area contributed by atoms with Gasteiger partial charge in [-0.15, -0.1) is 0 Å². The van der Waals surface area contributed by atoms with E-state index in [1.165, 1.54) is 18.9 Å². The molecule has 0 amide bonds. The molecule has 0 saturated heterocycles. The normalized spacial score (nSPS) is 30.5. The Kier molecular flexibility index (Phi) is 2.68. The quantitative estimate of drug-likeness (QED) is 0.734. The van der Waals surface area contributed by atoms with Crippen LogP contribution < -0.4 is 10.6 Å². The highest BCUT2D eigenvalue weighted by Gasteiger charge is 2.38. The third-order valence-electron chi connectivity index (χ3n) is 4.15. The van der Waals surface area contributed by atoms with Crippen molar-refractivity contribution in [2.24, 2.45) is 5.92 Å². The van der Waals surface area contributed by atoms with Crippen LogP contribution >= 0.6 is 0 Å². The molecule has 0 radical (unpaired) electrons. The fourth-order valence-electron chi connectivity index (χ4n) is 3.37. The molecule has 3 rings (SSSR count). The number of rotatable bonds is 0. The zero-order chi connectivity index (χ0) is 12.8. The zero-order valence-corrected chi connectivity index (χ0v) is 10.5. The van der Waals surface area contributed by atoms with Gasteiger partial charge in [-0.2, -0.15) is 0 Å². The van der Waals surface area contributed by atoms with Gasteiger partial charge in [-0.1, -0.05) is 19.8 Å². The first-order valence-corrected chi connectivity index (χ1v) is 6.59. The van der Waals surface area contributed by atoms with Crippen LogP contribution in [-0.4, -0.2) is 12.1 Å². The van der Waals surface area contributed by atoms with Crippen LogP contribution in [0.25, 0.3) is 0 Å². The first-order chi connectivity index (χ1) is 8.58. The molecule has 1 aromatic carbocycles. The van der Waals surface area contributed by atoms with E-state index < -0.39 is 11.6 Å². The third kappa shape index (κ3) is 1.93. The van der Waals surface area contributed by atoms with Gasteiger partial charge >= 0.3 is 0 Å². The molecular formula is C14H18F2N2. The van der Waals surface area contributed by atoms with E-state index in [9.17, 15) is 8.78 Å². The predicted octanol–water partition coefficient (Wildman–Crippen LogP) is 3.75. The predicted molar refractivity (Wildman–Crippen MR) is 68.8 cm³/mol. The Morgan fingerprint density at radius 3 is 2.94 bits per heavy atom. The summed E-state index contributed by atoms with van der Waals surface area (Å²) in [6.07, 6.45) is 4.52. The highest BCUT2D eigenvalue weighted by molar-refractivity contribution is 5.73. The molecule has 0 aromatic heterocycles. The summed E-state index contributed by atoms with van der Waals surface area (Å²) in [4.78, 5) is 0. The number of hydrogen-bond acceptors (Lipinski definition) is 2. The number of halogens is 2. The maximum atomic E-state index is 13.6. The van der Waals surface area contributed by atoms with Gasteiger partial charge in [0.25, 0.3) is 0 Å². The van der Waals surface area contributed by atoms with Crippen molar-refractivity contribution in [1.82, 2.24) is 0 Å². The summed E-state index contributed by atoms with van der Waals surface area (Å²) >= 11 is 0. The summed E-state index contributed by atoms with van der Waals surface area (Å²) in [5, 5.41) is 6.52. The van der Waals surface area contributed by atoms with Gasteiger partial charge in [-0.3, -0.25) is 0 Å². The maximum Gasteiger partial charge on any atom is 0.151 e. The summed E-state index contributed by atoms with van der Waals surface area (Å²) in [5.74, 6) is -0.384. The lowest BCUT2D eigenvalue weighted by molar-refractivity contribution is 0.266. The summed E-state index contributed by atoms with van der Waals surface area (Å²) in [7, 11) is 0. The Morgan fingerprint density at radius 1 is 1.33 bits per heavy atom. The minimum absolute atomic E-state index is 0.0368. The minimum atomic E-state index is -0.526. The van der Waals surface area contributed by atoms with Gasteiger partial charge < -0.3 is 10.6 Å². The van der Waals surface area contributed by atoms with E-state index >= 15 is 0 Å². The van der Waals surface area contributed by atoms with E-state index in [0.29, 0.717) is 23.8 Å². The molecule has 0 bridgehead atoms. The largest absolute Gasteiger partial charge is 0.379 e. The lowest BCUT2D eigenvalue weighted by Gasteiger charge is -2.45. The first-order valence-electron chi connectivity index (χ1n) is 6.59. The zero-order valence-electron chi connectivity index (χ0n) is 10.5. The molecule has 1 saturated carbocycles. The number of nitrogens with one attached hydrogen (secondary N) is 2. The second kappa shape index (κ2) is 4.11. The summed E-state index contributed by atoms with van der Waals surface area (Å²) in [5.41, 5.74) is 0.929. The van der Waals surface area contributed by atoms with Gasteiger partial charge in [-0.05, 0) is 24.8 Å². The van der Waals surface area contributed by atoms with Gasteiger partial charge in [0.1, 0.15) is 5.82 Å². The van der Waals surface area contributed by atoms with Crippen LogP contribution in [0, 0.1) is 17.6 Å². The summed E-state index contributed by atoms with van der Waals surface area (Å²) in [6.45, 7) is 2.96. The fourth-order valence-corrected chi connectivity index (χ4v) is 3.37. The molecule has 1 spiro atoms. The molecule has 98 valence electrons. The van der Waals surface area contributed by atoms with Crippen LogP contribution in [0.4, 0.5) is 20.2 Å². The molecule has 2 nitrogen and oxygen atoms in total. The van der Waals surface area contributed by atoms with Gasteiger partial charge in [0, 0.05) is 12.6 Å². The number of anilines is 2.